The van der Waals surface area contributed by atoms with E-state index in [0.717, 1.165) is 35.5 Å². The van der Waals surface area contributed by atoms with Crippen LogP contribution in [0.4, 0.5) is 33.6 Å². The normalized spacial score (nSPS) is 19.8. The summed E-state index contributed by atoms with van der Waals surface area (Å²) in [4.78, 5) is 43.1. The standard InChI is InChI=1S/C31H36ClN7O3/c1-18-8-7-9-24(32)26(18)39-17-36(6)27-23(28(39)40)14-33-29(35-27)34-20-10-11-25(19(2)12-20)37-15-22-13-21(37)16-38(22)30(41)42-31(3,4)5/h7-12,14,21-22H,13,15-17H2,1-6H3,(H,33,34,35). The number of anilines is 5. The van der Waals surface area contributed by atoms with E-state index < -0.39 is 5.60 Å². The lowest BCUT2D eigenvalue weighted by molar-refractivity contribution is 0.0214. The number of ether oxygens (including phenoxy) is 1. The number of piperazine rings is 1. The number of amides is 2. The second-order valence-electron chi connectivity index (χ2n) is 12.4. The third-order valence-corrected chi connectivity index (χ3v) is 8.35. The Morgan fingerprint density at radius 2 is 1.88 bits per heavy atom. The van der Waals surface area contributed by atoms with Crippen molar-refractivity contribution in [3.8, 4) is 0 Å². The SMILES string of the molecule is Cc1cc(Nc2ncc3c(n2)N(C)CN(c2c(C)cccc2Cl)C3=O)ccc1N1CC2CC1CN2C(=O)OC(C)(C)C. The lowest BCUT2D eigenvalue weighted by atomic mass is 10.1. The fourth-order valence-electron chi connectivity index (χ4n) is 6.19. The van der Waals surface area contributed by atoms with E-state index in [1.54, 1.807) is 17.2 Å². The molecule has 2 atom stereocenters. The van der Waals surface area contributed by atoms with Crippen molar-refractivity contribution in [3.05, 3.63) is 64.3 Å². The Kier molecular flexibility index (Phi) is 6.92. The van der Waals surface area contributed by atoms with Crippen molar-refractivity contribution in [3.63, 3.8) is 0 Å². The molecule has 11 heteroatoms. The van der Waals surface area contributed by atoms with Gasteiger partial charge in [-0.3, -0.25) is 9.69 Å². The van der Waals surface area contributed by atoms with Crippen molar-refractivity contribution in [2.24, 2.45) is 0 Å². The Balaban J connectivity index is 1.15. The van der Waals surface area contributed by atoms with Gasteiger partial charge in [-0.15, -0.1) is 0 Å². The van der Waals surface area contributed by atoms with Crippen LogP contribution in [0, 0.1) is 13.8 Å². The van der Waals surface area contributed by atoms with Crippen LogP contribution in [0.25, 0.3) is 0 Å². The zero-order valence-electron chi connectivity index (χ0n) is 24.8. The fraction of sp³-hybridized carbons (Fsp3) is 0.419. The maximum atomic E-state index is 13.4. The predicted molar refractivity (Wildman–Crippen MR) is 165 cm³/mol. The minimum absolute atomic E-state index is 0.156. The Morgan fingerprint density at radius 1 is 1.10 bits per heavy atom. The number of nitrogens with zero attached hydrogens (tertiary/aromatic N) is 6. The van der Waals surface area contributed by atoms with Crippen molar-refractivity contribution in [2.75, 3.05) is 46.8 Å². The number of aryl methyl sites for hydroxylation is 2. The van der Waals surface area contributed by atoms with Crippen LogP contribution in [0.15, 0.2) is 42.6 Å². The lowest BCUT2D eigenvalue weighted by Gasteiger charge is -2.37. The van der Waals surface area contributed by atoms with Crippen LogP contribution < -0.4 is 20.0 Å². The maximum Gasteiger partial charge on any atom is 0.410 e. The molecular weight excluding hydrogens is 554 g/mol. The van der Waals surface area contributed by atoms with E-state index in [-0.39, 0.29) is 24.1 Å². The van der Waals surface area contributed by atoms with Gasteiger partial charge in [0.1, 0.15) is 17.0 Å². The largest absolute Gasteiger partial charge is 0.444 e. The lowest BCUT2D eigenvalue weighted by Crippen LogP contribution is -2.50. The molecule has 3 aliphatic heterocycles. The van der Waals surface area contributed by atoms with Crippen molar-refractivity contribution in [1.82, 2.24) is 14.9 Å². The number of para-hydroxylation sites is 1. The van der Waals surface area contributed by atoms with Crippen LogP contribution in [-0.2, 0) is 4.74 Å². The van der Waals surface area contributed by atoms with Gasteiger partial charge < -0.3 is 24.8 Å². The summed E-state index contributed by atoms with van der Waals surface area (Å²) in [5, 5.41) is 3.83. The van der Waals surface area contributed by atoms with Gasteiger partial charge in [-0.1, -0.05) is 23.7 Å². The zero-order chi connectivity index (χ0) is 29.9. The summed E-state index contributed by atoms with van der Waals surface area (Å²) in [6, 6.07) is 12.2. The molecule has 0 spiro atoms. The molecule has 6 rings (SSSR count). The van der Waals surface area contributed by atoms with Gasteiger partial charge in [0.2, 0.25) is 5.95 Å². The number of halogens is 1. The van der Waals surface area contributed by atoms with E-state index in [4.69, 9.17) is 16.3 Å². The first-order valence-corrected chi connectivity index (χ1v) is 14.6. The maximum absolute atomic E-state index is 13.4. The molecule has 10 nitrogen and oxygen atoms in total. The molecule has 2 amide bonds. The van der Waals surface area contributed by atoms with Gasteiger partial charge in [0.05, 0.1) is 23.4 Å². The molecule has 4 heterocycles. The summed E-state index contributed by atoms with van der Waals surface area (Å²) in [5.41, 5.74) is 4.67. The number of carbonyl (C=O) groups is 2. The summed E-state index contributed by atoms with van der Waals surface area (Å²) in [6.45, 7) is 11.5. The van der Waals surface area contributed by atoms with Crippen LogP contribution in [-0.4, -0.2) is 71.4 Å². The van der Waals surface area contributed by atoms with E-state index >= 15 is 0 Å². The minimum atomic E-state index is -0.499. The van der Waals surface area contributed by atoms with Crippen LogP contribution in [0.2, 0.25) is 5.02 Å². The summed E-state index contributed by atoms with van der Waals surface area (Å²) in [5.74, 6) is 0.793. The number of rotatable bonds is 4. The molecule has 2 aromatic carbocycles. The van der Waals surface area contributed by atoms with Gasteiger partial charge in [-0.2, -0.15) is 4.98 Å². The Hall–Kier alpha value is -4.05. The van der Waals surface area contributed by atoms with E-state index in [1.807, 2.05) is 62.7 Å². The molecule has 0 saturated carbocycles. The second-order valence-corrected chi connectivity index (χ2v) is 12.8. The molecule has 42 heavy (non-hydrogen) atoms. The Bertz CT molecular complexity index is 1550. The molecule has 1 aromatic heterocycles. The van der Waals surface area contributed by atoms with Gasteiger partial charge >= 0.3 is 6.09 Å². The molecule has 2 saturated heterocycles. The summed E-state index contributed by atoms with van der Waals surface area (Å²) < 4.78 is 5.61. The third kappa shape index (κ3) is 5.08. The number of carbonyl (C=O) groups excluding carboxylic acids is 2. The number of fused-ring (bicyclic) bond motifs is 3. The van der Waals surface area contributed by atoms with Gasteiger partial charge in [0.25, 0.3) is 5.91 Å². The van der Waals surface area contributed by atoms with Crippen LogP contribution in [0.5, 0.6) is 0 Å². The highest BCUT2D eigenvalue weighted by Crippen LogP contribution is 2.38. The molecule has 2 fully saturated rings. The molecule has 2 unspecified atom stereocenters. The first-order chi connectivity index (χ1) is 19.9. The average Bonchev–Trinajstić information content (AvgIpc) is 3.52. The molecule has 3 aliphatic rings. The number of aromatic nitrogens is 2. The molecule has 0 aliphatic carbocycles. The van der Waals surface area contributed by atoms with Gasteiger partial charge in [0, 0.05) is 43.8 Å². The van der Waals surface area contributed by atoms with Crippen molar-refractivity contribution >= 4 is 52.4 Å². The third-order valence-electron chi connectivity index (χ3n) is 8.05. The summed E-state index contributed by atoms with van der Waals surface area (Å²) in [7, 11) is 1.90. The van der Waals surface area contributed by atoms with E-state index in [2.05, 4.69) is 39.2 Å². The average molecular weight is 590 g/mol. The first-order valence-electron chi connectivity index (χ1n) is 14.2. The Labute approximate surface area is 251 Å². The second kappa shape index (κ2) is 10.3. The molecule has 2 bridgehead atoms. The number of hydrogen-bond acceptors (Lipinski definition) is 8. The smallest absolute Gasteiger partial charge is 0.410 e. The number of hydrogen-bond donors (Lipinski definition) is 1. The highest BCUT2D eigenvalue weighted by molar-refractivity contribution is 6.34. The number of nitrogens with one attached hydrogen (secondary N) is 1. The van der Waals surface area contributed by atoms with E-state index in [0.29, 0.717) is 41.3 Å². The zero-order valence-corrected chi connectivity index (χ0v) is 25.6. The predicted octanol–water partition coefficient (Wildman–Crippen LogP) is 5.74. The van der Waals surface area contributed by atoms with Crippen LogP contribution in [0.3, 0.4) is 0 Å². The summed E-state index contributed by atoms with van der Waals surface area (Å²) in [6.07, 6.45) is 2.29. The van der Waals surface area contributed by atoms with Crippen LogP contribution in [0.1, 0.15) is 48.7 Å². The van der Waals surface area contributed by atoms with Crippen molar-refractivity contribution in [1.29, 1.82) is 0 Å². The first kappa shape index (κ1) is 28.1. The fourth-order valence-corrected chi connectivity index (χ4v) is 6.52. The van der Waals surface area contributed by atoms with Crippen molar-refractivity contribution < 1.29 is 14.3 Å². The summed E-state index contributed by atoms with van der Waals surface area (Å²) >= 11 is 6.46. The molecule has 1 N–H and O–H groups in total. The number of likely N-dealkylation sites (tertiary alicyclic amines) is 1. The van der Waals surface area contributed by atoms with Crippen LogP contribution >= 0.6 is 11.6 Å². The molecule has 220 valence electrons. The van der Waals surface area contributed by atoms with E-state index in [1.165, 1.54) is 0 Å². The molecule has 3 aromatic rings. The van der Waals surface area contributed by atoms with Crippen molar-refractivity contribution in [2.45, 2.75) is 58.7 Å². The van der Waals surface area contributed by atoms with Gasteiger partial charge in [0.15, 0.2) is 0 Å². The number of benzene rings is 2. The van der Waals surface area contributed by atoms with E-state index in [9.17, 15) is 9.59 Å². The quantitative estimate of drug-likeness (QED) is 0.412. The topological polar surface area (TPSA) is 94.1 Å². The molecule has 0 radical (unpaired) electrons. The monoisotopic (exact) mass is 589 g/mol. The highest BCUT2D eigenvalue weighted by Gasteiger charge is 2.46. The highest BCUT2D eigenvalue weighted by atomic mass is 35.5. The van der Waals surface area contributed by atoms with Gasteiger partial charge in [-0.25, -0.2) is 9.78 Å². The minimum Gasteiger partial charge on any atom is -0.444 e. The molecular formula is C31H36ClN7O3. The Morgan fingerprint density at radius 3 is 2.55 bits per heavy atom. The van der Waals surface area contributed by atoms with Gasteiger partial charge in [-0.05, 0) is 76.4 Å².